The molecule has 2 aromatic rings. The maximum atomic E-state index is 14.0. The van der Waals surface area contributed by atoms with Crippen LogP contribution in [-0.4, -0.2) is 38.3 Å². The number of carbonyl (C=O) groups is 1. The molecule has 0 saturated carbocycles. The van der Waals surface area contributed by atoms with Crippen molar-refractivity contribution >= 4 is 21.6 Å². The fraction of sp³-hybridized carbons (Fsp3) is 0.435. The zero-order valence-corrected chi connectivity index (χ0v) is 18.8. The molecule has 1 aliphatic heterocycles. The van der Waals surface area contributed by atoms with Crippen LogP contribution in [0.5, 0.6) is 5.75 Å². The van der Waals surface area contributed by atoms with Gasteiger partial charge in [-0.15, -0.1) is 0 Å². The Morgan fingerprint density at radius 1 is 1.19 bits per heavy atom. The summed E-state index contributed by atoms with van der Waals surface area (Å²) in [7, 11) is -3.91. The second kappa shape index (κ2) is 10.2. The SMILES string of the molecule is CCCCOc1ccc(NC(=O)C2CCN(S(=O)(=O)c3ccccc3F)CC2)c(C)c1. The summed E-state index contributed by atoms with van der Waals surface area (Å²) in [5.41, 5.74) is 1.62. The summed E-state index contributed by atoms with van der Waals surface area (Å²) in [5.74, 6) is -0.423. The minimum absolute atomic E-state index is 0.134. The Bertz CT molecular complexity index is 1020. The molecule has 3 rings (SSSR count). The van der Waals surface area contributed by atoms with Crippen molar-refractivity contribution in [2.45, 2.75) is 44.4 Å². The van der Waals surface area contributed by atoms with Crippen molar-refractivity contribution in [3.63, 3.8) is 0 Å². The predicted octanol–water partition coefficient (Wildman–Crippen LogP) is 4.35. The quantitative estimate of drug-likeness (QED) is 0.609. The van der Waals surface area contributed by atoms with E-state index in [1.165, 1.54) is 22.5 Å². The van der Waals surface area contributed by atoms with Crippen LogP contribution < -0.4 is 10.1 Å². The zero-order valence-electron chi connectivity index (χ0n) is 17.9. The summed E-state index contributed by atoms with van der Waals surface area (Å²) in [6, 6.07) is 10.9. The third kappa shape index (κ3) is 5.62. The fourth-order valence-corrected chi connectivity index (χ4v) is 5.12. The van der Waals surface area contributed by atoms with Crippen LogP contribution in [0.15, 0.2) is 47.4 Å². The number of carbonyl (C=O) groups excluding carboxylic acids is 1. The van der Waals surface area contributed by atoms with Crippen LogP contribution in [0.3, 0.4) is 0 Å². The number of nitrogens with one attached hydrogen (secondary N) is 1. The number of sulfonamides is 1. The first-order valence-corrected chi connectivity index (χ1v) is 12.1. The van der Waals surface area contributed by atoms with Crippen molar-refractivity contribution in [3.8, 4) is 5.75 Å². The lowest BCUT2D eigenvalue weighted by Gasteiger charge is -2.30. The third-order valence-corrected chi connectivity index (χ3v) is 7.43. The molecule has 0 unspecified atom stereocenters. The Morgan fingerprint density at radius 2 is 1.90 bits per heavy atom. The molecule has 0 bridgehead atoms. The zero-order chi connectivity index (χ0) is 22.4. The van der Waals surface area contributed by atoms with Gasteiger partial charge in [-0.3, -0.25) is 4.79 Å². The summed E-state index contributed by atoms with van der Waals surface area (Å²) in [6.45, 7) is 5.03. The largest absolute Gasteiger partial charge is 0.494 e. The second-order valence-corrected chi connectivity index (χ2v) is 9.68. The summed E-state index contributed by atoms with van der Waals surface area (Å²) in [6.07, 6.45) is 2.82. The second-order valence-electron chi connectivity index (χ2n) is 7.78. The van der Waals surface area contributed by atoms with Crippen molar-refractivity contribution in [3.05, 3.63) is 53.8 Å². The van der Waals surface area contributed by atoms with E-state index >= 15 is 0 Å². The van der Waals surface area contributed by atoms with Crippen LogP contribution in [0.2, 0.25) is 0 Å². The molecule has 1 amide bonds. The number of benzene rings is 2. The lowest BCUT2D eigenvalue weighted by molar-refractivity contribution is -0.120. The number of hydrogen-bond acceptors (Lipinski definition) is 4. The maximum absolute atomic E-state index is 14.0. The minimum Gasteiger partial charge on any atom is -0.494 e. The van der Waals surface area contributed by atoms with Crippen molar-refractivity contribution < 1.29 is 22.3 Å². The van der Waals surface area contributed by atoms with Gasteiger partial charge in [-0.1, -0.05) is 25.5 Å². The molecule has 168 valence electrons. The van der Waals surface area contributed by atoms with Gasteiger partial charge >= 0.3 is 0 Å². The van der Waals surface area contributed by atoms with Crippen molar-refractivity contribution in [2.24, 2.45) is 5.92 Å². The van der Waals surface area contributed by atoms with Crippen LogP contribution >= 0.6 is 0 Å². The first-order chi connectivity index (χ1) is 14.8. The molecule has 1 fully saturated rings. The molecular formula is C23H29FN2O4S. The molecular weight excluding hydrogens is 419 g/mol. The van der Waals surface area contributed by atoms with Gasteiger partial charge in [0.1, 0.15) is 16.5 Å². The maximum Gasteiger partial charge on any atom is 0.245 e. The van der Waals surface area contributed by atoms with Gasteiger partial charge in [0.05, 0.1) is 6.61 Å². The van der Waals surface area contributed by atoms with Crippen LogP contribution in [0.1, 0.15) is 38.2 Å². The number of piperidine rings is 1. The Morgan fingerprint density at radius 3 is 2.55 bits per heavy atom. The van der Waals surface area contributed by atoms with E-state index in [4.69, 9.17) is 4.74 Å². The van der Waals surface area contributed by atoms with Crippen LogP contribution in [0.25, 0.3) is 0 Å². The average Bonchev–Trinajstić information content (AvgIpc) is 2.76. The van der Waals surface area contributed by atoms with Gasteiger partial charge in [0, 0.05) is 24.7 Å². The molecule has 1 heterocycles. The van der Waals surface area contributed by atoms with Gasteiger partial charge < -0.3 is 10.1 Å². The smallest absolute Gasteiger partial charge is 0.245 e. The summed E-state index contributed by atoms with van der Waals surface area (Å²) < 4.78 is 46.3. The highest BCUT2D eigenvalue weighted by molar-refractivity contribution is 7.89. The van der Waals surface area contributed by atoms with Gasteiger partial charge in [0.15, 0.2) is 0 Å². The lowest BCUT2D eigenvalue weighted by atomic mass is 9.97. The first kappa shape index (κ1) is 23.2. The number of rotatable bonds is 8. The fourth-order valence-electron chi connectivity index (χ4n) is 3.59. The number of unbranched alkanes of at least 4 members (excludes halogenated alkanes) is 1. The van der Waals surface area contributed by atoms with Gasteiger partial charge in [-0.2, -0.15) is 4.31 Å². The molecule has 1 aliphatic rings. The standard InChI is InChI=1S/C23H29FN2O4S/c1-3-4-15-30-19-9-10-21(17(2)16-19)25-23(27)18-11-13-26(14-12-18)31(28,29)22-8-6-5-7-20(22)24/h5-10,16,18H,3-4,11-15H2,1-2H3,(H,25,27). The molecule has 0 atom stereocenters. The molecule has 31 heavy (non-hydrogen) atoms. The van der Waals surface area contributed by atoms with E-state index in [1.54, 1.807) is 0 Å². The normalized spacial score (nSPS) is 15.6. The van der Waals surface area contributed by atoms with Gasteiger partial charge in [-0.25, -0.2) is 12.8 Å². The number of amides is 1. The van der Waals surface area contributed by atoms with E-state index in [2.05, 4.69) is 12.2 Å². The monoisotopic (exact) mass is 448 g/mol. The van der Waals surface area contributed by atoms with E-state index in [0.29, 0.717) is 25.1 Å². The topological polar surface area (TPSA) is 75.7 Å². The molecule has 0 aromatic heterocycles. The van der Waals surface area contributed by atoms with E-state index in [1.807, 2.05) is 25.1 Å². The summed E-state index contributed by atoms with van der Waals surface area (Å²) >= 11 is 0. The number of hydrogen-bond donors (Lipinski definition) is 1. The molecule has 2 aromatic carbocycles. The molecule has 1 N–H and O–H groups in total. The van der Waals surface area contributed by atoms with E-state index in [9.17, 15) is 17.6 Å². The lowest BCUT2D eigenvalue weighted by Crippen LogP contribution is -2.41. The summed E-state index contributed by atoms with van der Waals surface area (Å²) in [4.78, 5) is 12.4. The molecule has 0 aliphatic carbocycles. The highest BCUT2D eigenvalue weighted by Gasteiger charge is 2.33. The van der Waals surface area contributed by atoms with E-state index in [-0.39, 0.29) is 29.8 Å². The highest BCUT2D eigenvalue weighted by Crippen LogP contribution is 2.27. The molecule has 1 saturated heterocycles. The van der Waals surface area contributed by atoms with Crippen LogP contribution in [0, 0.1) is 18.7 Å². The highest BCUT2D eigenvalue weighted by atomic mass is 32.2. The molecule has 8 heteroatoms. The Labute approximate surface area is 183 Å². The van der Waals surface area contributed by atoms with Crippen molar-refractivity contribution in [1.82, 2.24) is 4.31 Å². The number of anilines is 1. The minimum atomic E-state index is -3.91. The average molecular weight is 449 g/mol. The molecule has 0 radical (unpaired) electrons. The van der Waals surface area contributed by atoms with E-state index in [0.717, 1.165) is 30.2 Å². The predicted molar refractivity (Wildman–Crippen MR) is 118 cm³/mol. The van der Waals surface area contributed by atoms with Crippen LogP contribution in [0.4, 0.5) is 10.1 Å². The van der Waals surface area contributed by atoms with Gasteiger partial charge in [0.25, 0.3) is 0 Å². The van der Waals surface area contributed by atoms with Crippen molar-refractivity contribution in [1.29, 1.82) is 0 Å². The Kier molecular flexibility index (Phi) is 7.67. The number of nitrogens with zero attached hydrogens (tertiary/aromatic N) is 1. The molecule has 0 spiro atoms. The number of ether oxygens (including phenoxy) is 1. The van der Waals surface area contributed by atoms with Crippen LogP contribution in [-0.2, 0) is 14.8 Å². The Hall–Kier alpha value is -2.45. The third-order valence-electron chi connectivity index (χ3n) is 5.50. The van der Waals surface area contributed by atoms with Crippen molar-refractivity contribution in [2.75, 3.05) is 25.0 Å². The van der Waals surface area contributed by atoms with E-state index < -0.39 is 15.8 Å². The molecule has 6 nitrogen and oxygen atoms in total. The number of halogens is 1. The Balaban J connectivity index is 1.58. The van der Waals surface area contributed by atoms with Gasteiger partial charge in [0.2, 0.25) is 15.9 Å². The van der Waals surface area contributed by atoms with Gasteiger partial charge in [-0.05, 0) is 62.1 Å². The first-order valence-electron chi connectivity index (χ1n) is 10.6. The number of aryl methyl sites for hydroxylation is 1. The summed E-state index contributed by atoms with van der Waals surface area (Å²) in [5, 5.41) is 2.95.